The predicted octanol–water partition coefficient (Wildman–Crippen LogP) is 3.64. The van der Waals surface area contributed by atoms with Gasteiger partial charge < -0.3 is 29.2 Å². The molecule has 1 unspecified atom stereocenters. The minimum Gasteiger partial charge on any atom is -0.496 e. The molecule has 0 radical (unpaired) electrons. The molecule has 3 saturated heterocycles. The molecule has 3 aliphatic heterocycles. The Bertz CT molecular complexity index is 1840. The van der Waals surface area contributed by atoms with Gasteiger partial charge in [-0.2, -0.15) is 5.10 Å². The van der Waals surface area contributed by atoms with E-state index >= 15 is 0 Å². The van der Waals surface area contributed by atoms with Crippen molar-refractivity contribution < 1.29 is 9.47 Å². The number of ether oxygens (including phenoxy) is 2. The van der Waals surface area contributed by atoms with E-state index in [1.807, 2.05) is 23.9 Å². The fourth-order valence-corrected chi connectivity index (χ4v) is 7.03. The average Bonchev–Trinajstić information content (AvgIpc) is 3.85. The minimum atomic E-state index is 0.240. The summed E-state index contributed by atoms with van der Waals surface area (Å²) < 4.78 is 15.8. The Kier molecular flexibility index (Phi) is 6.82. The Morgan fingerprint density at radius 2 is 1.95 bits per heavy atom. The summed E-state index contributed by atoms with van der Waals surface area (Å²) in [7, 11) is 3.79. The summed E-state index contributed by atoms with van der Waals surface area (Å²) >= 11 is 0. The molecule has 8 heterocycles. The molecule has 8 rings (SSSR count). The van der Waals surface area contributed by atoms with Gasteiger partial charge in [0.1, 0.15) is 11.3 Å². The summed E-state index contributed by atoms with van der Waals surface area (Å²) in [4.78, 5) is 24.7. The lowest BCUT2D eigenvalue weighted by Crippen LogP contribution is -2.37. The van der Waals surface area contributed by atoms with Crippen LogP contribution in [0.5, 0.6) is 5.75 Å². The zero-order valence-electron chi connectivity index (χ0n) is 25.5. The van der Waals surface area contributed by atoms with E-state index in [4.69, 9.17) is 29.5 Å². The number of hydrogen-bond donors (Lipinski definition) is 1. The molecule has 228 valence electrons. The fraction of sp³-hybridized carbons (Fsp3) is 0.469. The van der Waals surface area contributed by atoms with Crippen LogP contribution in [0.1, 0.15) is 31.4 Å². The third kappa shape index (κ3) is 4.55. The number of morpholine rings is 1. The molecule has 0 spiro atoms. The lowest BCUT2D eigenvalue weighted by Gasteiger charge is -2.28. The van der Waals surface area contributed by atoms with Crippen molar-refractivity contribution in [3.8, 4) is 22.8 Å². The van der Waals surface area contributed by atoms with Gasteiger partial charge in [0.15, 0.2) is 11.6 Å². The molecule has 1 N–H and O–H groups in total. The predicted molar refractivity (Wildman–Crippen MR) is 170 cm³/mol. The quantitative estimate of drug-likeness (QED) is 0.324. The third-order valence-electron chi connectivity index (χ3n) is 9.36. The second-order valence-electron chi connectivity index (χ2n) is 12.1. The summed E-state index contributed by atoms with van der Waals surface area (Å²) in [6.45, 7) is 7.50. The van der Waals surface area contributed by atoms with Crippen LogP contribution in [0, 0.1) is 6.92 Å². The van der Waals surface area contributed by atoms with Gasteiger partial charge in [-0.15, -0.1) is 0 Å². The van der Waals surface area contributed by atoms with Crippen LogP contribution in [-0.4, -0.2) is 92.9 Å². The third-order valence-corrected chi connectivity index (χ3v) is 9.36. The Morgan fingerprint density at radius 1 is 1.02 bits per heavy atom. The first kappa shape index (κ1) is 27.3. The van der Waals surface area contributed by atoms with Gasteiger partial charge in [-0.25, -0.2) is 14.6 Å². The number of methoxy groups -OCH3 is 1. The Balaban J connectivity index is 1.29. The van der Waals surface area contributed by atoms with Crippen LogP contribution in [0.15, 0.2) is 36.8 Å². The van der Waals surface area contributed by atoms with Crippen molar-refractivity contribution in [1.29, 1.82) is 0 Å². The van der Waals surface area contributed by atoms with E-state index in [0.717, 1.165) is 114 Å². The van der Waals surface area contributed by atoms with Crippen LogP contribution >= 0.6 is 0 Å². The van der Waals surface area contributed by atoms with Gasteiger partial charge in [0.2, 0.25) is 5.95 Å². The number of rotatable bonds is 5. The van der Waals surface area contributed by atoms with Gasteiger partial charge in [-0.05, 0) is 44.9 Å². The molecular formula is C32H38N10O2. The first-order valence-electron chi connectivity index (χ1n) is 15.6. The van der Waals surface area contributed by atoms with Crippen LogP contribution in [-0.2, 0) is 11.8 Å². The van der Waals surface area contributed by atoms with E-state index in [1.165, 1.54) is 12.8 Å². The fourth-order valence-electron chi connectivity index (χ4n) is 7.03. The normalized spacial score (nSPS) is 20.8. The van der Waals surface area contributed by atoms with E-state index in [9.17, 15) is 0 Å². The van der Waals surface area contributed by atoms with Crippen molar-refractivity contribution in [1.82, 2.24) is 39.6 Å². The van der Waals surface area contributed by atoms with Gasteiger partial charge >= 0.3 is 0 Å². The maximum atomic E-state index is 5.97. The van der Waals surface area contributed by atoms with Crippen molar-refractivity contribution in [2.24, 2.45) is 7.05 Å². The van der Waals surface area contributed by atoms with E-state index in [-0.39, 0.29) is 6.10 Å². The summed E-state index contributed by atoms with van der Waals surface area (Å²) in [5.74, 6) is 3.37. The minimum absolute atomic E-state index is 0.240. The molecule has 5 aromatic heterocycles. The zero-order valence-corrected chi connectivity index (χ0v) is 25.5. The molecule has 0 aromatic carbocycles. The lowest BCUT2D eigenvalue weighted by molar-refractivity contribution is 0.0989. The maximum absolute atomic E-state index is 5.97. The van der Waals surface area contributed by atoms with Crippen LogP contribution in [0.3, 0.4) is 0 Å². The number of anilines is 2. The van der Waals surface area contributed by atoms with Crippen LogP contribution in [0.2, 0.25) is 0 Å². The maximum Gasteiger partial charge on any atom is 0.206 e. The second-order valence-corrected chi connectivity index (χ2v) is 12.1. The van der Waals surface area contributed by atoms with Crippen molar-refractivity contribution in [3.05, 3.63) is 42.5 Å². The highest BCUT2D eigenvalue weighted by atomic mass is 16.5. The second kappa shape index (κ2) is 11.0. The number of pyridine rings is 3. The highest BCUT2D eigenvalue weighted by Gasteiger charge is 2.41. The molecule has 0 aliphatic carbocycles. The number of nitrogens with zero attached hydrogens (tertiary/aromatic N) is 9. The SMILES string of the molecule is COc1ccncc1-c1cc2c(cnn2-c2cc3c(nc(N4CCCCCNCC4)n3C)c(N3CC4C[C@@H]3CO4)n2)c(C)n1. The van der Waals surface area contributed by atoms with Crippen molar-refractivity contribution in [2.75, 3.05) is 56.2 Å². The number of imidazole rings is 1. The smallest absolute Gasteiger partial charge is 0.206 e. The summed E-state index contributed by atoms with van der Waals surface area (Å²) in [6.07, 6.45) is 10.3. The molecule has 3 aliphatic rings. The largest absolute Gasteiger partial charge is 0.496 e. The first-order valence-corrected chi connectivity index (χ1v) is 15.6. The molecule has 3 fully saturated rings. The molecule has 5 aromatic rings. The van der Waals surface area contributed by atoms with Crippen LogP contribution in [0.4, 0.5) is 11.8 Å². The molecular weight excluding hydrogens is 556 g/mol. The van der Waals surface area contributed by atoms with Gasteiger partial charge in [0, 0.05) is 62.8 Å². The van der Waals surface area contributed by atoms with Crippen LogP contribution < -0.4 is 19.9 Å². The van der Waals surface area contributed by atoms with E-state index in [2.05, 4.69) is 43.8 Å². The van der Waals surface area contributed by atoms with Gasteiger partial charge in [-0.3, -0.25) is 9.97 Å². The number of fused-ring (bicyclic) bond motifs is 4. The van der Waals surface area contributed by atoms with Gasteiger partial charge in [0.05, 0.1) is 54.4 Å². The average molecular weight is 595 g/mol. The monoisotopic (exact) mass is 594 g/mol. The summed E-state index contributed by atoms with van der Waals surface area (Å²) in [6, 6.07) is 6.33. The zero-order chi connectivity index (χ0) is 29.8. The van der Waals surface area contributed by atoms with Crippen molar-refractivity contribution in [2.45, 2.75) is 44.8 Å². The molecule has 0 amide bonds. The summed E-state index contributed by atoms with van der Waals surface area (Å²) in [5, 5.41) is 9.42. The Labute approximate surface area is 256 Å². The number of hydrogen-bond acceptors (Lipinski definition) is 10. The Hall–Kier alpha value is -4.29. The van der Waals surface area contributed by atoms with Crippen molar-refractivity contribution >= 4 is 33.7 Å². The van der Waals surface area contributed by atoms with Crippen LogP contribution in [0.25, 0.3) is 39.0 Å². The van der Waals surface area contributed by atoms with Gasteiger partial charge in [-0.1, -0.05) is 6.42 Å². The van der Waals surface area contributed by atoms with E-state index < -0.39 is 0 Å². The van der Waals surface area contributed by atoms with Gasteiger partial charge in [0.25, 0.3) is 0 Å². The summed E-state index contributed by atoms with van der Waals surface area (Å²) in [5.41, 5.74) is 5.40. The Morgan fingerprint density at radius 3 is 2.80 bits per heavy atom. The number of aryl methyl sites for hydroxylation is 2. The highest BCUT2D eigenvalue weighted by molar-refractivity contribution is 5.92. The molecule has 12 nitrogen and oxygen atoms in total. The standard InChI is InChI=1S/C32H38N10O2/c1-20-23-17-35-42(26(23)14-25(36-20)24-16-34-9-7-28(24)43-3)29-15-27-30(31(37-29)41-18-22-13-21(41)19-44-22)38-32(39(27)2)40-11-6-4-5-8-33-10-12-40/h7,9,14-17,21-22,33H,4-6,8,10-13,18-19H2,1-3H3/t21-,22?/m1/s1. The lowest BCUT2D eigenvalue weighted by atomic mass is 10.1. The van der Waals surface area contributed by atoms with E-state index in [0.29, 0.717) is 6.04 Å². The molecule has 2 atom stereocenters. The molecule has 2 bridgehead atoms. The number of aromatic nitrogens is 7. The topological polar surface area (TPSA) is 111 Å². The van der Waals surface area contributed by atoms with E-state index in [1.54, 1.807) is 19.5 Å². The van der Waals surface area contributed by atoms with Crippen molar-refractivity contribution in [3.63, 3.8) is 0 Å². The first-order chi connectivity index (χ1) is 21.6. The number of nitrogens with one attached hydrogen (secondary N) is 1. The molecule has 44 heavy (non-hydrogen) atoms. The molecule has 0 saturated carbocycles. The highest BCUT2D eigenvalue weighted by Crippen LogP contribution is 2.38. The molecule has 12 heteroatoms.